The van der Waals surface area contributed by atoms with E-state index >= 15 is 0 Å². The third-order valence-corrected chi connectivity index (χ3v) is 5.61. The number of carboxylic acid groups (broad SMARTS) is 1. The fourth-order valence-electron chi connectivity index (χ4n) is 3.22. The minimum atomic E-state index is -0.934. The third-order valence-electron chi connectivity index (χ3n) is 5.61. The molecule has 1 aromatic rings. The van der Waals surface area contributed by atoms with Gasteiger partial charge < -0.3 is 24.4 Å². The van der Waals surface area contributed by atoms with Gasteiger partial charge in [-0.1, -0.05) is 0 Å². The van der Waals surface area contributed by atoms with Crippen LogP contribution >= 0.6 is 0 Å². The molecule has 3 heterocycles. The molecule has 27 heavy (non-hydrogen) atoms. The Bertz CT molecular complexity index is 668. The van der Waals surface area contributed by atoms with E-state index in [9.17, 15) is 9.90 Å². The molecule has 148 valence electrons. The summed E-state index contributed by atoms with van der Waals surface area (Å²) in [7, 11) is -0.555. The number of aromatic nitrogens is 2. The SMILES string of the molecule is CC1(C)OB(c2cnc(N3CCN(CCO)CC3C(=O)O)nc2)OC1(C)C. The highest BCUT2D eigenvalue weighted by atomic mass is 16.7. The second-order valence-corrected chi connectivity index (χ2v) is 7.98. The number of piperazine rings is 1. The molecule has 0 spiro atoms. The summed E-state index contributed by atoms with van der Waals surface area (Å²) >= 11 is 0. The van der Waals surface area contributed by atoms with Gasteiger partial charge >= 0.3 is 13.1 Å². The van der Waals surface area contributed by atoms with Crippen molar-refractivity contribution in [2.24, 2.45) is 0 Å². The van der Waals surface area contributed by atoms with Gasteiger partial charge in [-0.25, -0.2) is 14.8 Å². The van der Waals surface area contributed by atoms with Crippen molar-refractivity contribution in [2.45, 2.75) is 44.9 Å². The number of aliphatic hydroxyl groups is 1. The highest BCUT2D eigenvalue weighted by Gasteiger charge is 2.52. The molecule has 0 amide bonds. The minimum Gasteiger partial charge on any atom is -0.480 e. The standard InChI is InChI=1S/C17H27BN4O5/c1-16(2)17(3,4)27-18(26-16)12-9-19-15(20-10-12)22-6-5-21(7-8-23)11-13(22)14(24)25/h9-10,13,23H,5-8,11H2,1-4H3,(H,24,25). The zero-order valence-corrected chi connectivity index (χ0v) is 16.3. The zero-order valence-electron chi connectivity index (χ0n) is 16.3. The van der Waals surface area contributed by atoms with Gasteiger partial charge in [0.1, 0.15) is 6.04 Å². The first kappa shape index (κ1) is 20.0. The Kier molecular flexibility index (Phi) is 5.44. The summed E-state index contributed by atoms with van der Waals surface area (Å²) in [6.45, 7) is 9.82. The predicted molar refractivity (Wildman–Crippen MR) is 100 cm³/mol. The van der Waals surface area contributed by atoms with E-state index in [0.29, 0.717) is 37.6 Å². The van der Waals surface area contributed by atoms with Gasteiger partial charge in [-0.2, -0.15) is 0 Å². The van der Waals surface area contributed by atoms with Crippen LogP contribution in [0.15, 0.2) is 12.4 Å². The molecule has 9 nitrogen and oxygen atoms in total. The molecule has 2 fully saturated rings. The number of carbonyl (C=O) groups is 1. The van der Waals surface area contributed by atoms with E-state index in [0.717, 1.165) is 0 Å². The van der Waals surface area contributed by atoms with Gasteiger partial charge in [0, 0.05) is 44.0 Å². The number of hydrogen-bond acceptors (Lipinski definition) is 8. The Balaban J connectivity index is 1.74. The molecular formula is C17H27BN4O5. The Hall–Kier alpha value is -1.75. The molecule has 3 rings (SSSR count). The lowest BCUT2D eigenvalue weighted by atomic mass is 9.81. The van der Waals surface area contributed by atoms with Gasteiger partial charge in [-0.05, 0) is 27.7 Å². The largest absolute Gasteiger partial charge is 0.498 e. The Morgan fingerprint density at radius 2 is 1.81 bits per heavy atom. The van der Waals surface area contributed by atoms with E-state index in [1.165, 1.54) is 0 Å². The van der Waals surface area contributed by atoms with Gasteiger partial charge in [0.25, 0.3) is 0 Å². The monoisotopic (exact) mass is 378 g/mol. The van der Waals surface area contributed by atoms with Crippen molar-refractivity contribution in [3.63, 3.8) is 0 Å². The predicted octanol–water partition coefficient (Wildman–Crippen LogP) is -0.657. The molecule has 1 atom stereocenters. The molecule has 2 saturated heterocycles. The summed E-state index contributed by atoms with van der Waals surface area (Å²) in [5.41, 5.74) is -0.204. The van der Waals surface area contributed by atoms with Gasteiger partial charge in [0.05, 0.1) is 17.8 Å². The summed E-state index contributed by atoms with van der Waals surface area (Å²) < 4.78 is 12.0. The molecule has 0 saturated carbocycles. The normalized spacial score (nSPS) is 25.0. The van der Waals surface area contributed by atoms with E-state index in [4.69, 9.17) is 14.4 Å². The van der Waals surface area contributed by atoms with Crippen molar-refractivity contribution in [3.8, 4) is 0 Å². The van der Waals surface area contributed by atoms with Crippen molar-refractivity contribution < 1.29 is 24.3 Å². The first-order valence-corrected chi connectivity index (χ1v) is 9.15. The maximum atomic E-state index is 11.7. The fourth-order valence-corrected chi connectivity index (χ4v) is 3.22. The molecule has 1 unspecified atom stereocenters. The number of rotatable bonds is 5. The number of carboxylic acids is 1. The Labute approximate surface area is 159 Å². The van der Waals surface area contributed by atoms with Crippen LogP contribution in [-0.2, 0) is 14.1 Å². The average molecular weight is 378 g/mol. The van der Waals surface area contributed by atoms with Crippen LogP contribution in [0, 0.1) is 0 Å². The molecule has 0 aliphatic carbocycles. The molecule has 0 aromatic carbocycles. The van der Waals surface area contributed by atoms with E-state index in [1.54, 1.807) is 17.3 Å². The zero-order chi connectivity index (χ0) is 19.8. The van der Waals surface area contributed by atoms with E-state index in [2.05, 4.69) is 9.97 Å². The summed E-state index contributed by atoms with van der Waals surface area (Å²) in [4.78, 5) is 24.0. The lowest BCUT2D eigenvalue weighted by Gasteiger charge is -2.39. The molecule has 0 radical (unpaired) electrons. The van der Waals surface area contributed by atoms with Crippen molar-refractivity contribution in [3.05, 3.63) is 12.4 Å². The number of hydrogen-bond donors (Lipinski definition) is 2. The van der Waals surface area contributed by atoms with E-state index in [-0.39, 0.29) is 6.61 Å². The summed E-state index contributed by atoms with van der Waals surface area (Å²) in [5.74, 6) is -0.567. The lowest BCUT2D eigenvalue weighted by molar-refractivity contribution is -0.139. The number of aliphatic hydroxyl groups excluding tert-OH is 1. The highest BCUT2D eigenvalue weighted by Crippen LogP contribution is 2.36. The maximum absolute atomic E-state index is 11.7. The van der Waals surface area contributed by atoms with Crippen LogP contribution in [0.1, 0.15) is 27.7 Å². The Morgan fingerprint density at radius 3 is 2.33 bits per heavy atom. The molecule has 1 aromatic heterocycles. The number of aliphatic carboxylic acids is 1. The second kappa shape index (κ2) is 7.35. The molecule has 2 aliphatic rings. The lowest BCUT2D eigenvalue weighted by Crippen LogP contribution is -2.57. The van der Waals surface area contributed by atoms with Crippen LogP contribution in [0.4, 0.5) is 5.95 Å². The smallest absolute Gasteiger partial charge is 0.480 e. The first-order chi connectivity index (χ1) is 12.6. The second-order valence-electron chi connectivity index (χ2n) is 7.98. The first-order valence-electron chi connectivity index (χ1n) is 9.15. The summed E-state index contributed by atoms with van der Waals surface area (Å²) in [6.07, 6.45) is 3.26. The van der Waals surface area contributed by atoms with Gasteiger partial charge in [0.15, 0.2) is 0 Å². The molecule has 2 aliphatic heterocycles. The van der Waals surface area contributed by atoms with Crippen LogP contribution in [0.2, 0.25) is 0 Å². The maximum Gasteiger partial charge on any atom is 0.498 e. The van der Waals surface area contributed by atoms with Gasteiger partial charge in [0.2, 0.25) is 5.95 Å². The van der Waals surface area contributed by atoms with Crippen LogP contribution in [0.25, 0.3) is 0 Å². The van der Waals surface area contributed by atoms with E-state index in [1.807, 2.05) is 32.6 Å². The number of nitrogens with zero attached hydrogens (tertiary/aromatic N) is 4. The van der Waals surface area contributed by atoms with Crippen LogP contribution in [0.5, 0.6) is 0 Å². The third kappa shape index (κ3) is 3.93. The van der Waals surface area contributed by atoms with Gasteiger partial charge in [-0.3, -0.25) is 4.90 Å². The fraction of sp³-hybridized carbons (Fsp3) is 0.706. The van der Waals surface area contributed by atoms with Crippen LogP contribution < -0.4 is 10.4 Å². The van der Waals surface area contributed by atoms with Crippen LogP contribution in [0.3, 0.4) is 0 Å². The highest BCUT2D eigenvalue weighted by molar-refractivity contribution is 6.61. The van der Waals surface area contributed by atoms with Crippen molar-refractivity contribution in [2.75, 3.05) is 37.7 Å². The van der Waals surface area contributed by atoms with Crippen molar-refractivity contribution in [1.82, 2.24) is 14.9 Å². The molecule has 0 bridgehead atoms. The topological polar surface area (TPSA) is 108 Å². The quantitative estimate of drug-likeness (QED) is 0.646. The number of anilines is 1. The molecule has 10 heteroatoms. The van der Waals surface area contributed by atoms with Gasteiger partial charge in [-0.15, -0.1) is 0 Å². The van der Waals surface area contributed by atoms with Crippen LogP contribution in [-0.4, -0.2) is 88.2 Å². The molecule has 2 N–H and O–H groups in total. The van der Waals surface area contributed by atoms with E-state index < -0.39 is 30.3 Å². The average Bonchev–Trinajstić information content (AvgIpc) is 2.83. The minimum absolute atomic E-state index is 0.00558. The van der Waals surface area contributed by atoms with Crippen molar-refractivity contribution >= 4 is 24.5 Å². The Morgan fingerprint density at radius 1 is 1.22 bits per heavy atom. The summed E-state index contributed by atoms with van der Waals surface area (Å²) in [6, 6.07) is -0.756. The van der Waals surface area contributed by atoms with Crippen molar-refractivity contribution in [1.29, 1.82) is 0 Å². The molecular weight excluding hydrogens is 351 g/mol. The number of β-amino-alcohol motifs (C(OH)–C–C–N with tert-alkyl or cyclic N) is 1. The summed E-state index contributed by atoms with van der Waals surface area (Å²) in [5, 5.41) is 18.7.